The molecule has 2 aromatic rings. The molecule has 0 aromatic heterocycles. The SMILES string of the molecule is COc1cc(COc2cccc(C(F)(F)F)c2)ccc1O. The number of hydrogen-bond donors (Lipinski definition) is 1. The van der Waals surface area contributed by atoms with Gasteiger partial charge in [0.25, 0.3) is 0 Å². The summed E-state index contributed by atoms with van der Waals surface area (Å²) in [6.45, 7) is 0.0674. The number of ether oxygens (including phenoxy) is 2. The average molecular weight is 298 g/mol. The molecule has 0 heterocycles. The van der Waals surface area contributed by atoms with Gasteiger partial charge in [-0.15, -0.1) is 0 Å². The van der Waals surface area contributed by atoms with Crippen molar-refractivity contribution in [1.82, 2.24) is 0 Å². The van der Waals surface area contributed by atoms with Crippen molar-refractivity contribution in [3.8, 4) is 17.2 Å². The van der Waals surface area contributed by atoms with Crippen LogP contribution in [-0.4, -0.2) is 12.2 Å². The summed E-state index contributed by atoms with van der Waals surface area (Å²) >= 11 is 0. The van der Waals surface area contributed by atoms with Crippen LogP contribution in [0.3, 0.4) is 0 Å². The zero-order chi connectivity index (χ0) is 15.5. The fourth-order valence-electron chi connectivity index (χ4n) is 1.74. The molecule has 0 aliphatic rings. The molecule has 0 aliphatic carbocycles. The molecule has 3 nitrogen and oxygen atoms in total. The maximum atomic E-state index is 12.6. The molecule has 0 fully saturated rings. The highest BCUT2D eigenvalue weighted by atomic mass is 19.4. The Kier molecular flexibility index (Phi) is 4.26. The van der Waals surface area contributed by atoms with Gasteiger partial charge in [-0.3, -0.25) is 0 Å². The number of halogens is 3. The number of phenolic OH excluding ortho intramolecular Hbond substituents is 1. The van der Waals surface area contributed by atoms with Crippen LogP contribution in [-0.2, 0) is 12.8 Å². The van der Waals surface area contributed by atoms with Gasteiger partial charge >= 0.3 is 6.18 Å². The first-order chi connectivity index (χ1) is 9.90. The van der Waals surface area contributed by atoms with Crippen molar-refractivity contribution in [2.75, 3.05) is 7.11 Å². The Labute approximate surface area is 119 Å². The van der Waals surface area contributed by atoms with Gasteiger partial charge in [0.2, 0.25) is 0 Å². The number of phenols is 1. The van der Waals surface area contributed by atoms with E-state index in [4.69, 9.17) is 9.47 Å². The van der Waals surface area contributed by atoms with Crippen LogP contribution in [0.2, 0.25) is 0 Å². The molecule has 2 rings (SSSR count). The van der Waals surface area contributed by atoms with Crippen LogP contribution in [0.25, 0.3) is 0 Å². The van der Waals surface area contributed by atoms with E-state index in [1.54, 1.807) is 12.1 Å². The molecule has 0 saturated heterocycles. The second-order valence-corrected chi connectivity index (χ2v) is 4.32. The van der Waals surface area contributed by atoms with Gasteiger partial charge in [0.15, 0.2) is 11.5 Å². The van der Waals surface area contributed by atoms with Gasteiger partial charge in [0.1, 0.15) is 12.4 Å². The van der Waals surface area contributed by atoms with Crippen molar-refractivity contribution < 1.29 is 27.8 Å². The Balaban J connectivity index is 2.10. The second kappa shape index (κ2) is 5.95. The number of rotatable bonds is 4. The van der Waals surface area contributed by atoms with E-state index in [0.717, 1.165) is 12.1 Å². The topological polar surface area (TPSA) is 38.7 Å². The predicted molar refractivity (Wildman–Crippen MR) is 70.4 cm³/mol. The van der Waals surface area contributed by atoms with E-state index in [9.17, 15) is 18.3 Å². The van der Waals surface area contributed by atoms with E-state index in [-0.39, 0.29) is 23.9 Å². The lowest BCUT2D eigenvalue weighted by atomic mass is 10.2. The van der Waals surface area contributed by atoms with Crippen molar-refractivity contribution in [2.45, 2.75) is 12.8 Å². The summed E-state index contributed by atoms with van der Waals surface area (Å²) in [5.41, 5.74) is -0.0923. The van der Waals surface area contributed by atoms with Gasteiger partial charge in [0.05, 0.1) is 12.7 Å². The monoisotopic (exact) mass is 298 g/mol. The summed E-state index contributed by atoms with van der Waals surface area (Å²) in [5.74, 6) is 0.386. The van der Waals surface area contributed by atoms with Crippen LogP contribution in [0.5, 0.6) is 17.2 Å². The Morgan fingerprint density at radius 3 is 2.52 bits per heavy atom. The van der Waals surface area contributed by atoms with Gasteiger partial charge in [-0.1, -0.05) is 12.1 Å². The quantitative estimate of drug-likeness (QED) is 0.927. The second-order valence-electron chi connectivity index (χ2n) is 4.32. The average Bonchev–Trinajstić information content (AvgIpc) is 2.46. The summed E-state index contributed by atoms with van der Waals surface area (Å²) in [5, 5.41) is 9.46. The van der Waals surface area contributed by atoms with Crippen LogP contribution in [0, 0.1) is 0 Å². The minimum Gasteiger partial charge on any atom is -0.504 e. The lowest BCUT2D eigenvalue weighted by Crippen LogP contribution is -2.05. The third-order valence-electron chi connectivity index (χ3n) is 2.81. The van der Waals surface area contributed by atoms with Crippen molar-refractivity contribution in [3.63, 3.8) is 0 Å². The van der Waals surface area contributed by atoms with Gasteiger partial charge in [-0.25, -0.2) is 0 Å². The number of alkyl halides is 3. The van der Waals surface area contributed by atoms with Gasteiger partial charge < -0.3 is 14.6 Å². The van der Waals surface area contributed by atoms with E-state index < -0.39 is 11.7 Å². The van der Waals surface area contributed by atoms with Crippen molar-refractivity contribution in [3.05, 3.63) is 53.6 Å². The van der Waals surface area contributed by atoms with Crippen molar-refractivity contribution >= 4 is 0 Å². The fourth-order valence-corrected chi connectivity index (χ4v) is 1.74. The molecular formula is C15H13F3O3. The lowest BCUT2D eigenvalue weighted by molar-refractivity contribution is -0.137. The molecule has 0 bridgehead atoms. The molecule has 21 heavy (non-hydrogen) atoms. The molecule has 0 unspecified atom stereocenters. The minimum atomic E-state index is -4.40. The summed E-state index contributed by atoms with van der Waals surface area (Å²) < 4.78 is 48.0. The largest absolute Gasteiger partial charge is 0.504 e. The molecule has 0 spiro atoms. The standard InChI is InChI=1S/C15H13F3O3/c1-20-14-7-10(5-6-13(14)19)9-21-12-4-2-3-11(8-12)15(16,17)18/h2-8,19H,9H2,1H3. The fraction of sp³-hybridized carbons (Fsp3) is 0.200. The molecule has 0 aliphatic heterocycles. The normalized spacial score (nSPS) is 11.2. The molecule has 112 valence electrons. The third-order valence-corrected chi connectivity index (χ3v) is 2.81. The molecule has 2 aromatic carbocycles. The minimum absolute atomic E-state index is 0.0136. The summed E-state index contributed by atoms with van der Waals surface area (Å²) in [4.78, 5) is 0. The number of hydrogen-bond acceptors (Lipinski definition) is 3. The molecule has 0 radical (unpaired) electrons. The highest BCUT2D eigenvalue weighted by molar-refractivity contribution is 5.41. The molecule has 1 N–H and O–H groups in total. The smallest absolute Gasteiger partial charge is 0.416 e. The summed E-state index contributed by atoms with van der Waals surface area (Å²) in [7, 11) is 1.41. The Hall–Kier alpha value is -2.37. The van der Waals surface area contributed by atoms with E-state index in [1.807, 2.05) is 0 Å². The van der Waals surface area contributed by atoms with Crippen LogP contribution in [0.4, 0.5) is 13.2 Å². The van der Waals surface area contributed by atoms with E-state index in [0.29, 0.717) is 5.56 Å². The number of aromatic hydroxyl groups is 1. The van der Waals surface area contributed by atoms with Gasteiger partial charge in [-0.05, 0) is 35.9 Å². The first kappa shape index (κ1) is 15.0. The summed E-state index contributed by atoms with van der Waals surface area (Å²) in [6.07, 6.45) is -4.40. The first-order valence-corrected chi connectivity index (χ1v) is 6.06. The van der Waals surface area contributed by atoms with Crippen molar-refractivity contribution in [1.29, 1.82) is 0 Å². The van der Waals surface area contributed by atoms with Crippen LogP contribution in [0.15, 0.2) is 42.5 Å². The molecule has 0 saturated carbocycles. The zero-order valence-corrected chi connectivity index (χ0v) is 11.1. The predicted octanol–water partition coefficient (Wildman–Crippen LogP) is 4.00. The maximum absolute atomic E-state index is 12.6. The number of methoxy groups -OCH3 is 1. The van der Waals surface area contributed by atoms with Crippen molar-refractivity contribution in [2.24, 2.45) is 0 Å². The van der Waals surface area contributed by atoms with Gasteiger partial charge in [0, 0.05) is 0 Å². The Bertz CT molecular complexity index is 624. The zero-order valence-electron chi connectivity index (χ0n) is 11.1. The van der Waals surface area contributed by atoms with Crippen LogP contribution >= 0.6 is 0 Å². The maximum Gasteiger partial charge on any atom is 0.416 e. The summed E-state index contributed by atoms with van der Waals surface area (Å²) in [6, 6.07) is 9.26. The van der Waals surface area contributed by atoms with Crippen LogP contribution in [0.1, 0.15) is 11.1 Å². The lowest BCUT2D eigenvalue weighted by Gasteiger charge is -2.11. The molecular weight excluding hydrogens is 285 g/mol. The van der Waals surface area contributed by atoms with E-state index >= 15 is 0 Å². The molecule has 0 amide bonds. The molecule has 6 heteroatoms. The Morgan fingerprint density at radius 1 is 1.10 bits per heavy atom. The Morgan fingerprint density at radius 2 is 1.86 bits per heavy atom. The van der Waals surface area contributed by atoms with E-state index in [1.165, 1.54) is 25.3 Å². The number of benzene rings is 2. The highest BCUT2D eigenvalue weighted by Gasteiger charge is 2.30. The van der Waals surface area contributed by atoms with Gasteiger partial charge in [-0.2, -0.15) is 13.2 Å². The highest BCUT2D eigenvalue weighted by Crippen LogP contribution is 2.32. The van der Waals surface area contributed by atoms with Crippen LogP contribution < -0.4 is 9.47 Å². The third kappa shape index (κ3) is 3.81. The van der Waals surface area contributed by atoms with E-state index in [2.05, 4.69) is 0 Å². The first-order valence-electron chi connectivity index (χ1n) is 6.06. The molecule has 0 atom stereocenters.